The number of para-hydroxylation sites is 2. The Morgan fingerprint density at radius 2 is 1.70 bits per heavy atom. The SMILES string of the molecule is COc1ccc(CN(Cc2cccc(OC(C)(C)C(=O)O)c2)c2nc3ccccc3o2)cc1. The van der Waals surface area contributed by atoms with Crippen molar-refractivity contribution in [2.75, 3.05) is 12.0 Å². The van der Waals surface area contributed by atoms with Crippen molar-refractivity contribution in [1.82, 2.24) is 4.98 Å². The quantitative estimate of drug-likeness (QED) is 0.374. The number of rotatable bonds is 9. The minimum Gasteiger partial charge on any atom is -0.497 e. The number of ether oxygens (including phenoxy) is 2. The lowest BCUT2D eigenvalue weighted by molar-refractivity contribution is -0.152. The fourth-order valence-electron chi connectivity index (χ4n) is 3.40. The molecular formula is C26H26N2O5. The van der Waals surface area contributed by atoms with E-state index in [4.69, 9.17) is 13.9 Å². The van der Waals surface area contributed by atoms with Gasteiger partial charge >= 0.3 is 5.97 Å². The zero-order valence-corrected chi connectivity index (χ0v) is 18.8. The number of hydrogen-bond acceptors (Lipinski definition) is 6. The third kappa shape index (κ3) is 5.26. The second-order valence-corrected chi connectivity index (χ2v) is 8.23. The summed E-state index contributed by atoms with van der Waals surface area (Å²) < 4.78 is 17.0. The molecule has 0 aliphatic carbocycles. The smallest absolute Gasteiger partial charge is 0.347 e. The van der Waals surface area contributed by atoms with Gasteiger partial charge in [0.05, 0.1) is 7.11 Å². The summed E-state index contributed by atoms with van der Waals surface area (Å²) in [6.07, 6.45) is 0. The number of aliphatic carboxylic acids is 1. The van der Waals surface area contributed by atoms with Crippen LogP contribution in [0.2, 0.25) is 0 Å². The van der Waals surface area contributed by atoms with E-state index in [1.54, 1.807) is 13.2 Å². The Hall–Kier alpha value is -4.00. The molecule has 33 heavy (non-hydrogen) atoms. The Morgan fingerprint density at radius 3 is 2.39 bits per heavy atom. The first-order chi connectivity index (χ1) is 15.8. The van der Waals surface area contributed by atoms with Crippen LogP contribution in [-0.2, 0) is 17.9 Å². The molecule has 7 heteroatoms. The van der Waals surface area contributed by atoms with E-state index in [9.17, 15) is 9.90 Å². The van der Waals surface area contributed by atoms with Gasteiger partial charge in [0.1, 0.15) is 17.0 Å². The summed E-state index contributed by atoms with van der Waals surface area (Å²) in [7, 11) is 1.64. The highest BCUT2D eigenvalue weighted by atomic mass is 16.5. The predicted molar refractivity (Wildman–Crippen MR) is 126 cm³/mol. The number of benzene rings is 3. The van der Waals surface area contributed by atoms with Crippen LogP contribution in [0.25, 0.3) is 11.1 Å². The summed E-state index contributed by atoms with van der Waals surface area (Å²) in [4.78, 5) is 18.1. The van der Waals surface area contributed by atoms with Crippen LogP contribution in [0.4, 0.5) is 6.01 Å². The summed E-state index contributed by atoms with van der Waals surface area (Å²) in [6, 6.07) is 23.4. The molecule has 1 heterocycles. The Labute approximate surface area is 192 Å². The van der Waals surface area contributed by atoms with Crippen LogP contribution >= 0.6 is 0 Å². The van der Waals surface area contributed by atoms with Gasteiger partial charge in [-0.3, -0.25) is 0 Å². The third-order valence-corrected chi connectivity index (χ3v) is 5.25. The summed E-state index contributed by atoms with van der Waals surface area (Å²) in [5.41, 5.74) is 2.17. The highest BCUT2D eigenvalue weighted by molar-refractivity contribution is 5.77. The van der Waals surface area contributed by atoms with Gasteiger partial charge in [0, 0.05) is 13.1 Å². The van der Waals surface area contributed by atoms with Gasteiger partial charge in [-0.2, -0.15) is 4.98 Å². The van der Waals surface area contributed by atoms with E-state index in [0.717, 1.165) is 22.4 Å². The van der Waals surface area contributed by atoms with Gasteiger partial charge in [-0.1, -0.05) is 36.4 Å². The van der Waals surface area contributed by atoms with Crippen molar-refractivity contribution in [1.29, 1.82) is 0 Å². The van der Waals surface area contributed by atoms with Gasteiger partial charge in [-0.05, 0) is 61.4 Å². The maximum absolute atomic E-state index is 11.4. The standard InChI is InChI=1S/C26H26N2O5/c1-26(2,24(29)30)33-21-8-6-7-19(15-21)17-28(16-18-11-13-20(31-3)14-12-18)25-27-22-9-4-5-10-23(22)32-25/h4-15H,16-17H2,1-3H3,(H,29,30). The fraction of sp³-hybridized carbons (Fsp3) is 0.231. The van der Waals surface area contributed by atoms with Crippen molar-refractivity contribution in [2.45, 2.75) is 32.5 Å². The van der Waals surface area contributed by atoms with Crippen LogP contribution in [0, 0.1) is 0 Å². The molecule has 0 atom stereocenters. The van der Waals surface area contributed by atoms with Gasteiger partial charge in [0.25, 0.3) is 6.01 Å². The molecule has 4 aromatic rings. The summed E-state index contributed by atoms with van der Waals surface area (Å²) in [5.74, 6) is 0.250. The number of carboxylic acid groups (broad SMARTS) is 1. The van der Waals surface area contributed by atoms with Crippen LogP contribution < -0.4 is 14.4 Å². The zero-order valence-electron chi connectivity index (χ0n) is 18.8. The van der Waals surface area contributed by atoms with Crippen molar-refractivity contribution in [3.63, 3.8) is 0 Å². The van der Waals surface area contributed by atoms with Crippen molar-refractivity contribution in [3.05, 3.63) is 83.9 Å². The first-order valence-corrected chi connectivity index (χ1v) is 10.6. The minimum atomic E-state index is -1.33. The molecule has 0 aliphatic heterocycles. The molecule has 0 saturated carbocycles. The number of carbonyl (C=O) groups is 1. The minimum absolute atomic E-state index is 0.488. The monoisotopic (exact) mass is 446 g/mol. The number of aromatic nitrogens is 1. The highest BCUT2D eigenvalue weighted by Crippen LogP contribution is 2.27. The molecule has 7 nitrogen and oxygen atoms in total. The summed E-state index contributed by atoms with van der Waals surface area (Å²) in [6.45, 7) is 4.10. The van der Waals surface area contributed by atoms with Crippen molar-refractivity contribution >= 4 is 23.1 Å². The fourth-order valence-corrected chi connectivity index (χ4v) is 3.40. The normalized spacial score (nSPS) is 11.4. The number of carboxylic acids is 1. The van der Waals surface area contributed by atoms with Gasteiger partial charge in [-0.15, -0.1) is 0 Å². The number of hydrogen-bond donors (Lipinski definition) is 1. The maximum Gasteiger partial charge on any atom is 0.347 e. The van der Waals surface area contributed by atoms with Gasteiger partial charge in [-0.25, -0.2) is 4.79 Å². The number of oxazole rings is 1. The molecule has 1 aromatic heterocycles. The molecule has 0 aliphatic rings. The van der Waals surface area contributed by atoms with E-state index in [0.29, 0.717) is 30.4 Å². The van der Waals surface area contributed by atoms with Crippen LogP contribution in [0.1, 0.15) is 25.0 Å². The third-order valence-electron chi connectivity index (χ3n) is 5.25. The predicted octanol–water partition coefficient (Wildman–Crippen LogP) is 5.29. The lowest BCUT2D eigenvalue weighted by Crippen LogP contribution is -2.37. The highest BCUT2D eigenvalue weighted by Gasteiger charge is 2.29. The van der Waals surface area contributed by atoms with Crippen LogP contribution in [0.3, 0.4) is 0 Å². The molecule has 170 valence electrons. The second kappa shape index (κ2) is 9.24. The molecule has 1 N–H and O–H groups in total. The van der Waals surface area contributed by atoms with E-state index in [2.05, 4.69) is 4.98 Å². The molecule has 0 fully saturated rings. The van der Waals surface area contributed by atoms with Crippen LogP contribution in [0.15, 0.2) is 77.2 Å². The molecule has 0 spiro atoms. The first kappa shape index (κ1) is 22.2. The summed E-state index contributed by atoms with van der Waals surface area (Å²) in [5, 5.41) is 9.37. The maximum atomic E-state index is 11.4. The van der Waals surface area contributed by atoms with Gasteiger partial charge < -0.3 is 23.9 Å². The van der Waals surface area contributed by atoms with Crippen molar-refractivity contribution < 1.29 is 23.8 Å². The molecule has 4 rings (SSSR count). The largest absolute Gasteiger partial charge is 0.497 e. The molecule has 0 saturated heterocycles. The zero-order chi connectivity index (χ0) is 23.4. The average Bonchev–Trinajstić information content (AvgIpc) is 3.23. The Balaban J connectivity index is 1.63. The summed E-state index contributed by atoms with van der Waals surface area (Å²) >= 11 is 0. The van der Waals surface area contributed by atoms with E-state index < -0.39 is 11.6 Å². The van der Waals surface area contributed by atoms with Crippen molar-refractivity contribution in [2.24, 2.45) is 0 Å². The molecular weight excluding hydrogens is 420 g/mol. The molecule has 3 aromatic carbocycles. The number of nitrogens with zero attached hydrogens (tertiary/aromatic N) is 2. The van der Waals surface area contributed by atoms with E-state index in [1.807, 2.05) is 71.6 Å². The van der Waals surface area contributed by atoms with Crippen molar-refractivity contribution in [3.8, 4) is 11.5 Å². The van der Waals surface area contributed by atoms with Crippen LogP contribution in [0.5, 0.6) is 11.5 Å². The Kier molecular flexibility index (Phi) is 6.22. The molecule has 0 radical (unpaired) electrons. The topological polar surface area (TPSA) is 85.0 Å². The Bertz CT molecular complexity index is 1210. The lowest BCUT2D eigenvalue weighted by atomic mass is 10.1. The first-order valence-electron chi connectivity index (χ1n) is 10.6. The van der Waals surface area contributed by atoms with E-state index in [1.165, 1.54) is 13.8 Å². The molecule has 0 bridgehead atoms. The second-order valence-electron chi connectivity index (χ2n) is 8.23. The lowest BCUT2D eigenvalue weighted by Gasteiger charge is -2.23. The Morgan fingerprint density at radius 1 is 0.970 bits per heavy atom. The number of fused-ring (bicyclic) bond motifs is 1. The average molecular weight is 447 g/mol. The molecule has 0 amide bonds. The van der Waals surface area contributed by atoms with Gasteiger partial charge in [0.2, 0.25) is 0 Å². The molecule has 0 unspecified atom stereocenters. The van der Waals surface area contributed by atoms with E-state index in [-0.39, 0.29) is 0 Å². The van der Waals surface area contributed by atoms with Gasteiger partial charge in [0.15, 0.2) is 11.2 Å². The van der Waals surface area contributed by atoms with Crippen LogP contribution in [-0.4, -0.2) is 28.8 Å². The number of methoxy groups -OCH3 is 1. The number of anilines is 1. The van der Waals surface area contributed by atoms with E-state index >= 15 is 0 Å².